The summed E-state index contributed by atoms with van der Waals surface area (Å²) in [6, 6.07) is 13.4. The third-order valence-electron chi connectivity index (χ3n) is 5.50. The van der Waals surface area contributed by atoms with Crippen LogP contribution in [0.25, 0.3) is 10.9 Å². The fourth-order valence-electron chi connectivity index (χ4n) is 3.86. The van der Waals surface area contributed by atoms with E-state index in [1.165, 1.54) is 42.5 Å². The molecule has 35 heavy (non-hydrogen) atoms. The largest absolute Gasteiger partial charge is 0.478 e. The number of carboxylic acids is 1. The van der Waals surface area contributed by atoms with Crippen LogP contribution in [0.2, 0.25) is 10.0 Å². The van der Waals surface area contributed by atoms with E-state index in [2.05, 4.69) is 0 Å². The van der Waals surface area contributed by atoms with E-state index in [1.807, 2.05) is 0 Å². The smallest absolute Gasteiger partial charge is 0.337 e. The molecule has 180 valence electrons. The van der Waals surface area contributed by atoms with E-state index in [0.29, 0.717) is 10.9 Å². The third kappa shape index (κ3) is 4.14. The number of aromatic nitrogens is 1. The van der Waals surface area contributed by atoms with Gasteiger partial charge in [0.2, 0.25) is 0 Å². The summed E-state index contributed by atoms with van der Waals surface area (Å²) >= 11 is 12.5. The van der Waals surface area contributed by atoms with E-state index in [4.69, 9.17) is 23.2 Å². The highest BCUT2D eigenvalue weighted by atomic mass is 35.5. The average molecular weight is 535 g/mol. The number of halogens is 2. The van der Waals surface area contributed by atoms with E-state index in [-0.39, 0.29) is 43.0 Å². The van der Waals surface area contributed by atoms with Crippen molar-refractivity contribution in [3.63, 3.8) is 0 Å². The Kier molecular flexibility index (Phi) is 6.32. The van der Waals surface area contributed by atoms with Gasteiger partial charge in [-0.2, -0.15) is 0 Å². The van der Waals surface area contributed by atoms with Crippen molar-refractivity contribution in [2.24, 2.45) is 0 Å². The minimum Gasteiger partial charge on any atom is -0.478 e. The fraction of sp³-hybridized carbons (Fsp3) is 0.0870. The van der Waals surface area contributed by atoms with Crippen LogP contribution in [-0.4, -0.2) is 33.5 Å². The number of hydrogen-bond acceptors (Lipinski definition) is 6. The van der Waals surface area contributed by atoms with Crippen LogP contribution in [0.4, 0.5) is 5.69 Å². The number of benzene rings is 3. The summed E-state index contributed by atoms with van der Waals surface area (Å²) in [5.74, 6) is -1.37. The summed E-state index contributed by atoms with van der Waals surface area (Å²) in [5, 5.41) is 32.1. The van der Waals surface area contributed by atoms with Crippen molar-refractivity contribution < 1.29 is 28.3 Å². The van der Waals surface area contributed by atoms with Crippen LogP contribution in [0.1, 0.15) is 33.3 Å². The Labute approximate surface area is 209 Å². The van der Waals surface area contributed by atoms with Crippen molar-refractivity contribution in [1.82, 2.24) is 3.97 Å². The van der Waals surface area contributed by atoms with E-state index in [9.17, 15) is 33.5 Å². The normalized spacial score (nSPS) is 12.6. The second-order valence-electron chi connectivity index (χ2n) is 7.63. The molecule has 0 saturated heterocycles. The zero-order chi connectivity index (χ0) is 25.7. The molecule has 0 spiro atoms. The molecule has 0 fully saturated rings. The zero-order valence-electron chi connectivity index (χ0n) is 17.8. The molecule has 0 aliphatic heterocycles. The van der Waals surface area contributed by atoms with Crippen molar-refractivity contribution in [1.29, 1.82) is 0 Å². The van der Waals surface area contributed by atoms with Gasteiger partial charge in [-0.3, -0.25) is 10.1 Å². The van der Waals surface area contributed by atoms with Crippen LogP contribution in [0.5, 0.6) is 0 Å². The summed E-state index contributed by atoms with van der Waals surface area (Å²) in [5.41, 5.74) is -0.781. The highest BCUT2D eigenvalue weighted by Crippen LogP contribution is 2.40. The lowest BCUT2D eigenvalue weighted by atomic mass is 10.0. The lowest BCUT2D eigenvalue weighted by molar-refractivity contribution is -0.384. The van der Waals surface area contributed by atoms with Gasteiger partial charge in [0.25, 0.3) is 15.7 Å². The number of aromatic carboxylic acids is 1. The highest BCUT2D eigenvalue weighted by molar-refractivity contribution is 7.90. The lowest BCUT2D eigenvalue weighted by Gasteiger charge is -2.19. The van der Waals surface area contributed by atoms with E-state index in [0.717, 1.165) is 16.1 Å². The standard InChI is InChI=1S/C23H16Cl2N2O7S/c1-12-9-13(27(31)32)10-18-16(12)11-19(26(18)35(33,34)14-5-3-2-4-6-14)22(28)20-17(24)8-7-15(21(20)25)23(29)30/h2-11,22,28H,1H3,(H,29,30). The van der Waals surface area contributed by atoms with Crippen LogP contribution in [-0.2, 0) is 10.0 Å². The molecule has 0 aliphatic carbocycles. The molecule has 12 heteroatoms. The molecule has 4 rings (SSSR count). The molecule has 2 N–H and O–H groups in total. The first-order valence-corrected chi connectivity index (χ1v) is 12.1. The van der Waals surface area contributed by atoms with Gasteiger partial charge in [0.15, 0.2) is 0 Å². The molecular weight excluding hydrogens is 519 g/mol. The molecule has 0 bridgehead atoms. The molecular formula is C23H16Cl2N2O7S. The van der Waals surface area contributed by atoms with Crippen LogP contribution in [0, 0.1) is 17.0 Å². The van der Waals surface area contributed by atoms with E-state index in [1.54, 1.807) is 13.0 Å². The number of nitro benzene ring substituents is 1. The maximum absolute atomic E-state index is 13.7. The molecule has 1 unspecified atom stereocenters. The maximum atomic E-state index is 13.7. The summed E-state index contributed by atoms with van der Waals surface area (Å²) in [4.78, 5) is 22.3. The Morgan fingerprint density at radius 1 is 1.09 bits per heavy atom. The number of carbonyl (C=O) groups is 1. The number of aliphatic hydroxyl groups excluding tert-OH is 1. The van der Waals surface area contributed by atoms with Crippen LogP contribution in [0.3, 0.4) is 0 Å². The van der Waals surface area contributed by atoms with Crippen molar-refractivity contribution in [2.45, 2.75) is 17.9 Å². The molecule has 0 aliphatic rings. The number of aliphatic hydroxyl groups is 1. The molecule has 4 aromatic rings. The minimum absolute atomic E-state index is 0.0452. The predicted octanol–water partition coefficient (Wildman–Crippen LogP) is 5.18. The number of rotatable bonds is 6. The summed E-state index contributed by atoms with van der Waals surface area (Å²) < 4.78 is 28.2. The monoisotopic (exact) mass is 534 g/mol. The molecule has 1 atom stereocenters. The second-order valence-corrected chi connectivity index (χ2v) is 10.2. The van der Waals surface area contributed by atoms with Crippen molar-refractivity contribution >= 4 is 55.8 Å². The summed E-state index contributed by atoms with van der Waals surface area (Å²) in [6.45, 7) is 1.57. The minimum atomic E-state index is -4.39. The fourth-order valence-corrected chi connectivity index (χ4v) is 6.07. The van der Waals surface area contributed by atoms with E-state index >= 15 is 0 Å². The number of hydrogen-bond donors (Lipinski definition) is 2. The number of nitro groups is 1. The van der Waals surface area contributed by atoms with Crippen LogP contribution in [0.15, 0.2) is 65.6 Å². The number of nitrogens with zero attached hydrogens (tertiary/aromatic N) is 2. The predicted molar refractivity (Wildman–Crippen MR) is 130 cm³/mol. The number of aryl methyl sites for hydroxylation is 1. The highest BCUT2D eigenvalue weighted by Gasteiger charge is 2.31. The maximum Gasteiger partial charge on any atom is 0.337 e. The number of non-ortho nitro benzene ring substituents is 1. The Bertz CT molecular complexity index is 1620. The lowest BCUT2D eigenvalue weighted by Crippen LogP contribution is -2.19. The van der Waals surface area contributed by atoms with Crippen LogP contribution < -0.4 is 0 Å². The molecule has 0 amide bonds. The first-order valence-electron chi connectivity index (χ1n) is 9.95. The quantitative estimate of drug-likeness (QED) is 0.256. The molecule has 3 aromatic carbocycles. The second kappa shape index (κ2) is 8.97. The molecule has 1 aromatic heterocycles. The van der Waals surface area contributed by atoms with Crippen molar-refractivity contribution in [3.8, 4) is 0 Å². The zero-order valence-corrected chi connectivity index (χ0v) is 20.2. The molecule has 9 nitrogen and oxygen atoms in total. The van der Waals surface area contributed by atoms with Gasteiger partial charge in [-0.05, 0) is 42.8 Å². The summed E-state index contributed by atoms with van der Waals surface area (Å²) in [6.07, 6.45) is -1.79. The Morgan fingerprint density at radius 2 is 1.74 bits per heavy atom. The van der Waals surface area contributed by atoms with Gasteiger partial charge in [-0.15, -0.1) is 0 Å². The first-order chi connectivity index (χ1) is 16.4. The van der Waals surface area contributed by atoms with Gasteiger partial charge in [-0.1, -0.05) is 41.4 Å². The van der Waals surface area contributed by atoms with Crippen molar-refractivity contribution in [2.75, 3.05) is 0 Å². The van der Waals surface area contributed by atoms with Crippen LogP contribution >= 0.6 is 23.2 Å². The first kappa shape index (κ1) is 24.7. The van der Waals surface area contributed by atoms with Gasteiger partial charge >= 0.3 is 5.97 Å². The Balaban J connectivity index is 2.11. The van der Waals surface area contributed by atoms with Crippen molar-refractivity contribution in [3.05, 3.63) is 103 Å². The Morgan fingerprint density at radius 3 is 2.34 bits per heavy atom. The van der Waals surface area contributed by atoms with E-state index < -0.39 is 27.0 Å². The van der Waals surface area contributed by atoms with Gasteiger partial charge in [0.1, 0.15) is 6.10 Å². The molecule has 0 saturated carbocycles. The average Bonchev–Trinajstić information content (AvgIpc) is 3.20. The SMILES string of the molecule is Cc1cc([N+](=O)[O-])cc2c1cc(C(O)c1c(Cl)ccc(C(=O)O)c1Cl)n2S(=O)(=O)c1ccccc1. The topological polar surface area (TPSA) is 140 Å². The third-order valence-corrected chi connectivity index (χ3v) is 7.99. The van der Waals surface area contributed by atoms with Gasteiger partial charge in [-0.25, -0.2) is 17.2 Å². The molecule has 1 heterocycles. The van der Waals surface area contributed by atoms with Gasteiger partial charge in [0, 0.05) is 28.1 Å². The molecule has 0 radical (unpaired) electrons. The van der Waals surface area contributed by atoms with Gasteiger partial charge < -0.3 is 10.2 Å². The number of carboxylic acid groups (broad SMARTS) is 1. The Hall–Kier alpha value is -3.44. The summed E-state index contributed by atoms with van der Waals surface area (Å²) in [7, 11) is -4.39. The van der Waals surface area contributed by atoms with Gasteiger partial charge in [0.05, 0.1) is 31.6 Å². The number of fused-ring (bicyclic) bond motifs is 1.